The number of hydrogen-bond donors (Lipinski definition) is 1. The van der Waals surface area contributed by atoms with Crippen LogP contribution in [0.1, 0.15) is 48.9 Å². The smallest absolute Gasteiger partial charge is 0.264 e. The minimum atomic E-state index is -4.11. The quantitative estimate of drug-likeness (QED) is 0.283. The highest BCUT2D eigenvalue weighted by Crippen LogP contribution is 2.27. The number of nitrogens with one attached hydrogen (secondary N) is 1. The van der Waals surface area contributed by atoms with Gasteiger partial charge in [0, 0.05) is 13.1 Å². The normalized spacial score (nSPS) is 12.0. The van der Waals surface area contributed by atoms with Gasteiger partial charge < -0.3 is 15.0 Å². The molecule has 220 valence electrons. The Kier molecular flexibility index (Phi) is 10.9. The van der Waals surface area contributed by atoms with Crippen LogP contribution in [0.3, 0.4) is 0 Å². The van der Waals surface area contributed by atoms with Gasteiger partial charge in [-0.25, -0.2) is 8.42 Å². The van der Waals surface area contributed by atoms with Gasteiger partial charge in [-0.3, -0.25) is 13.9 Å². The molecule has 0 fully saturated rings. The Hall–Kier alpha value is -3.85. The SMILES string of the molecule is CCCCNC(=O)C(C)N(Cc1ccc(OC)cc1)C(=O)CN(c1cc(C)cc(C)c1)S(=O)(=O)c1ccc(C)cc1. The van der Waals surface area contributed by atoms with E-state index in [-0.39, 0.29) is 17.3 Å². The fourth-order valence-electron chi connectivity index (χ4n) is 4.51. The molecule has 3 rings (SSSR count). The fraction of sp³-hybridized carbons (Fsp3) is 0.375. The van der Waals surface area contributed by atoms with Crippen LogP contribution in [0.4, 0.5) is 5.69 Å². The van der Waals surface area contributed by atoms with Crippen LogP contribution >= 0.6 is 0 Å². The molecule has 1 N–H and O–H groups in total. The number of nitrogens with zero attached hydrogens (tertiary/aromatic N) is 2. The first kappa shape index (κ1) is 31.7. The van der Waals surface area contributed by atoms with Crippen molar-refractivity contribution in [2.24, 2.45) is 0 Å². The van der Waals surface area contributed by atoms with E-state index in [2.05, 4.69) is 5.32 Å². The highest BCUT2D eigenvalue weighted by molar-refractivity contribution is 7.92. The van der Waals surface area contributed by atoms with Crippen molar-refractivity contribution in [1.82, 2.24) is 10.2 Å². The molecule has 3 aromatic carbocycles. The summed E-state index contributed by atoms with van der Waals surface area (Å²) in [5.41, 5.74) is 3.84. The van der Waals surface area contributed by atoms with E-state index in [1.165, 1.54) is 4.90 Å². The van der Waals surface area contributed by atoms with Crippen molar-refractivity contribution in [3.8, 4) is 5.75 Å². The first-order valence-electron chi connectivity index (χ1n) is 13.8. The third kappa shape index (κ3) is 8.33. The Labute approximate surface area is 244 Å². The monoisotopic (exact) mass is 579 g/mol. The van der Waals surface area contributed by atoms with Gasteiger partial charge in [0.25, 0.3) is 10.0 Å². The second kappa shape index (κ2) is 14.2. The summed E-state index contributed by atoms with van der Waals surface area (Å²) < 4.78 is 34.4. The molecule has 0 aliphatic rings. The minimum Gasteiger partial charge on any atom is -0.497 e. The molecule has 0 heterocycles. The number of methoxy groups -OCH3 is 1. The van der Waals surface area contributed by atoms with Crippen LogP contribution in [0.5, 0.6) is 5.75 Å². The van der Waals surface area contributed by atoms with Gasteiger partial charge >= 0.3 is 0 Å². The second-order valence-corrected chi connectivity index (χ2v) is 12.2. The first-order chi connectivity index (χ1) is 19.5. The zero-order chi connectivity index (χ0) is 30.2. The van der Waals surface area contributed by atoms with Crippen LogP contribution in [0.25, 0.3) is 0 Å². The van der Waals surface area contributed by atoms with Crippen molar-refractivity contribution in [3.05, 3.63) is 89.0 Å². The van der Waals surface area contributed by atoms with E-state index in [0.29, 0.717) is 18.0 Å². The van der Waals surface area contributed by atoms with Crippen molar-refractivity contribution in [2.45, 2.75) is 64.9 Å². The number of sulfonamides is 1. The summed E-state index contributed by atoms with van der Waals surface area (Å²) >= 11 is 0. The zero-order valence-corrected chi connectivity index (χ0v) is 25.6. The molecule has 3 aromatic rings. The molecular weight excluding hydrogens is 538 g/mol. The lowest BCUT2D eigenvalue weighted by molar-refractivity contribution is -0.139. The number of aryl methyl sites for hydroxylation is 3. The Balaban J connectivity index is 2.03. The topological polar surface area (TPSA) is 96.0 Å². The predicted molar refractivity (Wildman–Crippen MR) is 163 cm³/mol. The van der Waals surface area contributed by atoms with Crippen LogP contribution in [0, 0.1) is 20.8 Å². The van der Waals surface area contributed by atoms with Crippen LogP contribution < -0.4 is 14.4 Å². The molecule has 0 aliphatic carbocycles. The number of rotatable bonds is 13. The molecule has 41 heavy (non-hydrogen) atoms. The summed E-state index contributed by atoms with van der Waals surface area (Å²) in [6.07, 6.45) is 1.74. The molecule has 0 aliphatic heterocycles. The lowest BCUT2D eigenvalue weighted by Crippen LogP contribution is -2.51. The number of carbonyl (C=O) groups is 2. The zero-order valence-electron chi connectivity index (χ0n) is 24.8. The highest BCUT2D eigenvalue weighted by atomic mass is 32.2. The lowest BCUT2D eigenvalue weighted by atomic mass is 10.1. The summed E-state index contributed by atoms with van der Waals surface area (Å²) in [5, 5.41) is 2.90. The minimum absolute atomic E-state index is 0.0853. The Bertz CT molecular complexity index is 1420. The molecule has 8 nitrogen and oxygen atoms in total. The van der Waals surface area contributed by atoms with Crippen molar-refractivity contribution in [1.29, 1.82) is 0 Å². The molecule has 0 saturated carbocycles. The van der Waals surface area contributed by atoms with Crippen LogP contribution in [0.15, 0.2) is 71.6 Å². The molecule has 0 saturated heterocycles. The van der Waals surface area contributed by atoms with Gasteiger partial charge in [-0.2, -0.15) is 0 Å². The van der Waals surface area contributed by atoms with Gasteiger partial charge in [0.15, 0.2) is 0 Å². The van der Waals surface area contributed by atoms with Crippen molar-refractivity contribution in [2.75, 3.05) is 24.5 Å². The van der Waals surface area contributed by atoms with Gasteiger partial charge in [-0.15, -0.1) is 0 Å². The third-order valence-electron chi connectivity index (χ3n) is 6.89. The fourth-order valence-corrected chi connectivity index (χ4v) is 5.91. The number of unbranched alkanes of at least 4 members (excludes halogenated alkanes) is 1. The predicted octanol–water partition coefficient (Wildman–Crippen LogP) is 5.15. The molecule has 0 spiro atoms. The maximum atomic E-state index is 14.0. The highest BCUT2D eigenvalue weighted by Gasteiger charge is 2.32. The van der Waals surface area contributed by atoms with Gasteiger partial charge in [0.2, 0.25) is 11.8 Å². The molecule has 9 heteroatoms. The number of anilines is 1. The van der Waals surface area contributed by atoms with Gasteiger partial charge in [-0.1, -0.05) is 49.2 Å². The average Bonchev–Trinajstić information content (AvgIpc) is 2.94. The van der Waals surface area contributed by atoms with Crippen molar-refractivity contribution in [3.63, 3.8) is 0 Å². The summed E-state index contributed by atoms with van der Waals surface area (Å²) in [6.45, 7) is 9.50. The number of benzene rings is 3. The van der Waals surface area contributed by atoms with E-state index in [1.807, 2.05) is 45.9 Å². The van der Waals surface area contributed by atoms with Crippen molar-refractivity contribution < 1.29 is 22.7 Å². The van der Waals surface area contributed by atoms with E-state index >= 15 is 0 Å². The van der Waals surface area contributed by atoms with Crippen LogP contribution in [-0.2, 0) is 26.2 Å². The molecule has 2 amide bonds. The molecule has 0 radical (unpaired) electrons. The number of ether oxygens (including phenoxy) is 1. The summed E-state index contributed by atoms with van der Waals surface area (Å²) in [6, 6.07) is 18.4. The number of amides is 2. The standard InChI is InChI=1S/C32H41N3O5S/c1-7-8-17-33-32(37)26(5)34(21-27-11-13-29(40-6)14-12-27)31(36)22-35(28-19-24(3)18-25(4)20-28)41(38,39)30-15-9-23(2)10-16-30/h9-16,18-20,26H,7-8,17,21-22H2,1-6H3,(H,33,37). The van der Waals surface area contributed by atoms with E-state index in [4.69, 9.17) is 4.74 Å². The molecule has 0 bridgehead atoms. The Morgan fingerprint density at radius 2 is 1.51 bits per heavy atom. The van der Waals surface area contributed by atoms with Crippen LogP contribution in [0.2, 0.25) is 0 Å². The summed E-state index contributed by atoms with van der Waals surface area (Å²) in [7, 11) is -2.54. The van der Waals surface area contributed by atoms with E-state index < -0.39 is 28.5 Å². The first-order valence-corrected chi connectivity index (χ1v) is 15.3. The summed E-state index contributed by atoms with van der Waals surface area (Å²) in [4.78, 5) is 28.7. The largest absolute Gasteiger partial charge is 0.497 e. The Morgan fingerprint density at radius 1 is 0.902 bits per heavy atom. The molecule has 1 unspecified atom stereocenters. The molecular formula is C32H41N3O5S. The lowest BCUT2D eigenvalue weighted by Gasteiger charge is -2.32. The van der Waals surface area contributed by atoms with E-state index in [0.717, 1.165) is 39.4 Å². The second-order valence-electron chi connectivity index (χ2n) is 10.4. The number of carbonyl (C=O) groups excluding carboxylic acids is 2. The third-order valence-corrected chi connectivity index (χ3v) is 8.68. The van der Waals surface area contributed by atoms with Crippen molar-refractivity contribution >= 4 is 27.5 Å². The van der Waals surface area contributed by atoms with Gasteiger partial charge in [-0.05, 0) is 87.2 Å². The maximum Gasteiger partial charge on any atom is 0.264 e. The van der Waals surface area contributed by atoms with E-state index in [1.54, 1.807) is 62.6 Å². The van der Waals surface area contributed by atoms with Gasteiger partial charge in [0.1, 0.15) is 18.3 Å². The maximum absolute atomic E-state index is 14.0. The van der Waals surface area contributed by atoms with Crippen LogP contribution in [-0.4, -0.2) is 51.4 Å². The molecule has 1 atom stereocenters. The Morgan fingerprint density at radius 3 is 2.07 bits per heavy atom. The average molecular weight is 580 g/mol. The number of hydrogen-bond acceptors (Lipinski definition) is 5. The molecule has 0 aromatic heterocycles. The summed E-state index contributed by atoms with van der Waals surface area (Å²) in [5.74, 6) is -0.115. The van der Waals surface area contributed by atoms with E-state index in [9.17, 15) is 18.0 Å². The van der Waals surface area contributed by atoms with Gasteiger partial charge in [0.05, 0.1) is 17.7 Å².